The van der Waals surface area contributed by atoms with Crippen LogP contribution in [-0.4, -0.2) is 59.6 Å². The lowest BCUT2D eigenvalue weighted by Crippen LogP contribution is -2.37. The van der Waals surface area contributed by atoms with Crippen molar-refractivity contribution in [2.24, 2.45) is 0 Å². The summed E-state index contributed by atoms with van der Waals surface area (Å²) in [4.78, 5) is 39.3. The number of nitrogen functional groups attached to an aromatic ring is 1. The van der Waals surface area contributed by atoms with Crippen LogP contribution in [0.15, 0.2) is 61.4 Å². The fourth-order valence-electron chi connectivity index (χ4n) is 3.59. The Labute approximate surface area is 203 Å². The number of carbonyl (C=O) groups excluding carboxylic acids is 2. The van der Waals surface area contributed by atoms with Crippen molar-refractivity contribution >= 4 is 29.3 Å². The maximum atomic E-state index is 13.0. The van der Waals surface area contributed by atoms with Gasteiger partial charge in [-0.25, -0.2) is 15.0 Å². The number of nitrogens with one attached hydrogen (secondary N) is 2. The van der Waals surface area contributed by atoms with E-state index in [0.717, 1.165) is 5.56 Å². The molecule has 1 fully saturated rings. The Balaban J connectivity index is 1.46. The van der Waals surface area contributed by atoms with Crippen LogP contribution in [0.2, 0.25) is 0 Å². The number of rotatable bonds is 8. The minimum Gasteiger partial charge on any atom is -0.378 e. The van der Waals surface area contributed by atoms with Crippen LogP contribution in [0.1, 0.15) is 15.9 Å². The molecule has 1 saturated heterocycles. The standard InChI is InChI=1S/C25H27N7O3/c1-2-23(33)30-20-5-3-17(4-6-20)7-8-27-24(34)18-13-21(19-15-28-25(26)29-16-19)31-22(14-18)32-9-11-35-12-10-32/h2-6,13-16H,1,7-12H2,(H,27,34)(H,30,33)(H2,26,28,29). The first kappa shape index (κ1) is 23.8. The molecule has 0 atom stereocenters. The number of benzene rings is 1. The predicted octanol–water partition coefficient (Wildman–Crippen LogP) is 2.05. The topological polar surface area (TPSA) is 135 Å². The molecule has 1 aromatic carbocycles. The molecule has 3 aromatic rings. The maximum absolute atomic E-state index is 13.0. The zero-order chi connectivity index (χ0) is 24.6. The molecule has 2 amide bonds. The zero-order valence-electron chi connectivity index (χ0n) is 19.2. The van der Waals surface area contributed by atoms with Gasteiger partial charge in [-0.1, -0.05) is 18.7 Å². The molecule has 10 heteroatoms. The lowest BCUT2D eigenvalue weighted by molar-refractivity contribution is -0.111. The lowest BCUT2D eigenvalue weighted by Gasteiger charge is -2.28. The fraction of sp³-hybridized carbons (Fsp3) is 0.240. The molecular formula is C25H27N7O3. The summed E-state index contributed by atoms with van der Waals surface area (Å²) in [5, 5.41) is 5.69. The Hall–Kier alpha value is -4.31. The van der Waals surface area contributed by atoms with Gasteiger partial charge in [0.15, 0.2) is 0 Å². The highest BCUT2D eigenvalue weighted by atomic mass is 16.5. The van der Waals surface area contributed by atoms with Gasteiger partial charge in [-0.3, -0.25) is 9.59 Å². The van der Waals surface area contributed by atoms with E-state index < -0.39 is 0 Å². The third-order valence-corrected chi connectivity index (χ3v) is 5.48. The number of nitrogens with zero attached hydrogens (tertiary/aromatic N) is 4. The van der Waals surface area contributed by atoms with E-state index in [2.05, 4.69) is 32.1 Å². The SMILES string of the molecule is C=CC(=O)Nc1ccc(CCNC(=O)c2cc(-c3cnc(N)nc3)nc(N3CCOCC3)c2)cc1. The Bertz CT molecular complexity index is 1190. The van der Waals surface area contributed by atoms with Crippen LogP contribution in [-0.2, 0) is 16.0 Å². The Morgan fingerprint density at radius 3 is 2.51 bits per heavy atom. The molecule has 0 bridgehead atoms. The number of amides is 2. The summed E-state index contributed by atoms with van der Waals surface area (Å²) in [7, 11) is 0. The van der Waals surface area contributed by atoms with Crippen LogP contribution in [0.5, 0.6) is 0 Å². The van der Waals surface area contributed by atoms with Gasteiger partial charge < -0.3 is 26.0 Å². The minimum absolute atomic E-state index is 0.173. The van der Waals surface area contributed by atoms with Crippen LogP contribution in [0.25, 0.3) is 11.3 Å². The first-order valence-corrected chi connectivity index (χ1v) is 11.2. The minimum atomic E-state index is -0.260. The smallest absolute Gasteiger partial charge is 0.251 e. The lowest BCUT2D eigenvalue weighted by atomic mass is 10.1. The van der Waals surface area contributed by atoms with E-state index in [9.17, 15) is 9.59 Å². The van der Waals surface area contributed by atoms with E-state index in [1.54, 1.807) is 24.5 Å². The normalized spacial score (nSPS) is 13.2. The third-order valence-electron chi connectivity index (χ3n) is 5.48. The van der Waals surface area contributed by atoms with E-state index in [1.165, 1.54) is 6.08 Å². The second kappa shape index (κ2) is 11.2. The summed E-state index contributed by atoms with van der Waals surface area (Å²) in [5.41, 5.74) is 9.10. The number of ether oxygens (including phenoxy) is 1. The molecule has 0 spiro atoms. The molecule has 1 aliphatic rings. The summed E-state index contributed by atoms with van der Waals surface area (Å²) in [6, 6.07) is 11.0. The molecule has 35 heavy (non-hydrogen) atoms. The van der Waals surface area contributed by atoms with E-state index in [0.29, 0.717) is 67.6 Å². The second-order valence-electron chi connectivity index (χ2n) is 7.92. The Kier molecular flexibility index (Phi) is 7.63. The molecule has 10 nitrogen and oxygen atoms in total. The monoisotopic (exact) mass is 473 g/mol. The van der Waals surface area contributed by atoms with Crippen molar-refractivity contribution in [3.63, 3.8) is 0 Å². The highest BCUT2D eigenvalue weighted by Gasteiger charge is 2.17. The van der Waals surface area contributed by atoms with E-state index in [-0.39, 0.29) is 17.8 Å². The third kappa shape index (κ3) is 6.39. The zero-order valence-corrected chi connectivity index (χ0v) is 19.2. The van der Waals surface area contributed by atoms with Crippen LogP contribution < -0.4 is 21.3 Å². The molecule has 3 heterocycles. The quantitative estimate of drug-likeness (QED) is 0.423. The second-order valence-corrected chi connectivity index (χ2v) is 7.92. The summed E-state index contributed by atoms with van der Waals surface area (Å²) in [5.74, 6) is 0.412. The van der Waals surface area contributed by atoms with Crippen molar-refractivity contribution < 1.29 is 14.3 Å². The van der Waals surface area contributed by atoms with Gasteiger partial charge in [-0.2, -0.15) is 0 Å². The molecule has 0 saturated carbocycles. The molecule has 0 aliphatic carbocycles. The maximum Gasteiger partial charge on any atom is 0.251 e. The van der Waals surface area contributed by atoms with Gasteiger partial charge in [0, 0.05) is 48.8 Å². The molecule has 4 N–H and O–H groups in total. The summed E-state index contributed by atoms with van der Waals surface area (Å²) in [6.07, 6.45) is 5.05. The number of anilines is 3. The molecule has 180 valence electrons. The number of pyridine rings is 1. The van der Waals surface area contributed by atoms with Crippen molar-refractivity contribution in [1.82, 2.24) is 20.3 Å². The Morgan fingerprint density at radius 1 is 1.11 bits per heavy atom. The fourth-order valence-corrected chi connectivity index (χ4v) is 3.59. The van der Waals surface area contributed by atoms with Gasteiger partial charge in [0.2, 0.25) is 11.9 Å². The average Bonchev–Trinajstić information content (AvgIpc) is 2.90. The van der Waals surface area contributed by atoms with Gasteiger partial charge in [0.1, 0.15) is 5.82 Å². The summed E-state index contributed by atoms with van der Waals surface area (Å²) in [6.45, 7) is 6.49. The van der Waals surface area contributed by atoms with Crippen LogP contribution in [0.4, 0.5) is 17.5 Å². The van der Waals surface area contributed by atoms with Crippen LogP contribution in [0, 0.1) is 0 Å². The van der Waals surface area contributed by atoms with Crippen molar-refractivity contribution in [2.45, 2.75) is 6.42 Å². The van der Waals surface area contributed by atoms with E-state index in [4.69, 9.17) is 15.5 Å². The van der Waals surface area contributed by atoms with Gasteiger partial charge in [-0.15, -0.1) is 0 Å². The predicted molar refractivity (Wildman–Crippen MR) is 134 cm³/mol. The van der Waals surface area contributed by atoms with Gasteiger partial charge in [0.05, 0.1) is 18.9 Å². The van der Waals surface area contributed by atoms with Crippen molar-refractivity contribution in [1.29, 1.82) is 0 Å². The molecule has 4 rings (SSSR count). The Morgan fingerprint density at radius 2 is 1.83 bits per heavy atom. The average molecular weight is 474 g/mol. The van der Waals surface area contributed by atoms with Crippen LogP contribution in [0.3, 0.4) is 0 Å². The number of hydrogen-bond donors (Lipinski definition) is 3. The number of hydrogen-bond acceptors (Lipinski definition) is 8. The van der Waals surface area contributed by atoms with Crippen LogP contribution >= 0.6 is 0 Å². The van der Waals surface area contributed by atoms with Crippen molar-refractivity contribution in [3.8, 4) is 11.3 Å². The number of carbonyl (C=O) groups is 2. The first-order valence-electron chi connectivity index (χ1n) is 11.2. The number of morpholine rings is 1. The van der Waals surface area contributed by atoms with Gasteiger partial charge >= 0.3 is 0 Å². The number of aromatic nitrogens is 3. The van der Waals surface area contributed by atoms with E-state index in [1.807, 2.05) is 24.3 Å². The largest absolute Gasteiger partial charge is 0.378 e. The van der Waals surface area contributed by atoms with Gasteiger partial charge in [-0.05, 0) is 42.3 Å². The highest BCUT2D eigenvalue weighted by Crippen LogP contribution is 2.23. The molecule has 1 aliphatic heterocycles. The first-order chi connectivity index (χ1) is 17.0. The molecular weight excluding hydrogens is 446 g/mol. The summed E-state index contributed by atoms with van der Waals surface area (Å²) >= 11 is 0. The highest BCUT2D eigenvalue weighted by molar-refractivity contribution is 5.98. The van der Waals surface area contributed by atoms with Crippen molar-refractivity contribution in [3.05, 3.63) is 72.6 Å². The van der Waals surface area contributed by atoms with Crippen molar-refractivity contribution in [2.75, 3.05) is 48.8 Å². The summed E-state index contributed by atoms with van der Waals surface area (Å²) < 4.78 is 5.45. The van der Waals surface area contributed by atoms with Gasteiger partial charge in [0.25, 0.3) is 5.91 Å². The van der Waals surface area contributed by atoms with E-state index >= 15 is 0 Å². The molecule has 0 unspecified atom stereocenters. The molecule has 0 radical (unpaired) electrons. The number of nitrogens with two attached hydrogens (primary N) is 1. The molecule has 2 aromatic heterocycles.